The van der Waals surface area contributed by atoms with Crippen molar-refractivity contribution in [2.24, 2.45) is 0 Å². The van der Waals surface area contributed by atoms with Gasteiger partial charge in [0.05, 0.1) is 21.7 Å². The van der Waals surface area contributed by atoms with Crippen LogP contribution in [-0.4, -0.2) is 25.1 Å². The highest BCUT2D eigenvalue weighted by Crippen LogP contribution is 2.27. The molecule has 0 amide bonds. The van der Waals surface area contributed by atoms with E-state index in [4.69, 9.17) is 34.8 Å². The van der Waals surface area contributed by atoms with E-state index in [9.17, 15) is 13.5 Å². The van der Waals surface area contributed by atoms with Gasteiger partial charge in [-0.15, -0.1) is 0 Å². The molecule has 26 heavy (non-hydrogen) atoms. The van der Waals surface area contributed by atoms with Gasteiger partial charge in [-0.05, 0) is 35.9 Å². The molecule has 0 saturated heterocycles. The van der Waals surface area contributed by atoms with Gasteiger partial charge < -0.3 is 5.11 Å². The molecule has 136 valence electrons. The van der Waals surface area contributed by atoms with Crippen LogP contribution >= 0.6 is 34.8 Å². The minimum atomic E-state index is -3.95. The zero-order valence-electron chi connectivity index (χ0n) is 13.2. The van der Waals surface area contributed by atoms with E-state index in [1.165, 1.54) is 24.4 Å². The molecule has 0 aliphatic rings. The van der Waals surface area contributed by atoms with E-state index in [2.05, 4.69) is 9.71 Å². The lowest BCUT2D eigenvalue weighted by molar-refractivity contribution is 0.182. The van der Waals surface area contributed by atoms with Crippen molar-refractivity contribution in [1.82, 2.24) is 9.71 Å². The number of sulfonamides is 1. The largest absolute Gasteiger partial charge is 0.387 e. The lowest BCUT2D eigenvalue weighted by atomic mass is 10.1. The number of rotatable bonds is 5. The smallest absolute Gasteiger partial charge is 0.242 e. The van der Waals surface area contributed by atoms with E-state index < -0.39 is 16.1 Å². The molecule has 0 radical (unpaired) electrons. The van der Waals surface area contributed by atoms with Crippen molar-refractivity contribution >= 4 is 55.7 Å². The first kappa shape index (κ1) is 19.4. The second kappa shape index (κ2) is 7.68. The Morgan fingerprint density at radius 2 is 1.85 bits per heavy atom. The first-order chi connectivity index (χ1) is 12.3. The third-order valence-corrected chi connectivity index (χ3v) is 6.11. The van der Waals surface area contributed by atoms with E-state index in [-0.39, 0.29) is 21.5 Å². The molecule has 0 fully saturated rings. The Hall–Kier alpha value is -1.41. The highest BCUT2D eigenvalue weighted by Gasteiger charge is 2.21. The first-order valence-corrected chi connectivity index (χ1v) is 10.1. The summed E-state index contributed by atoms with van der Waals surface area (Å²) >= 11 is 17.8. The number of pyridine rings is 1. The molecule has 1 atom stereocenters. The maximum atomic E-state index is 12.7. The van der Waals surface area contributed by atoms with Gasteiger partial charge in [0.1, 0.15) is 4.90 Å². The molecule has 0 spiro atoms. The fourth-order valence-electron chi connectivity index (χ4n) is 2.43. The average Bonchev–Trinajstić information content (AvgIpc) is 2.61. The zero-order valence-corrected chi connectivity index (χ0v) is 16.2. The van der Waals surface area contributed by atoms with Crippen LogP contribution < -0.4 is 4.72 Å². The number of benzene rings is 2. The summed E-state index contributed by atoms with van der Waals surface area (Å²) in [6.45, 7) is -0.249. The van der Waals surface area contributed by atoms with Crippen molar-refractivity contribution in [2.75, 3.05) is 6.54 Å². The van der Waals surface area contributed by atoms with Gasteiger partial charge in [0, 0.05) is 23.2 Å². The van der Waals surface area contributed by atoms with E-state index in [1.807, 2.05) is 0 Å². The van der Waals surface area contributed by atoms with Crippen molar-refractivity contribution in [3.63, 3.8) is 0 Å². The van der Waals surface area contributed by atoms with Crippen molar-refractivity contribution < 1.29 is 13.5 Å². The fraction of sp³-hybridized carbons (Fsp3) is 0.118. The Morgan fingerprint density at radius 1 is 1.08 bits per heavy atom. The molecule has 0 bridgehead atoms. The Morgan fingerprint density at radius 3 is 2.58 bits per heavy atom. The first-order valence-electron chi connectivity index (χ1n) is 7.45. The van der Waals surface area contributed by atoms with Crippen LogP contribution in [0.25, 0.3) is 10.9 Å². The topological polar surface area (TPSA) is 79.3 Å². The number of fused-ring (bicyclic) bond motifs is 1. The normalized spacial score (nSPS) is 13.1. The Kier molecular flexibility index (Phi) is 5.72. The number of nitrogens with one attached hydrogen (secondary N) is 1. The summed E-state index contributed by atoms with van der Waals surface area (Å²) < 4.78 is 27.7. The highest BCUT2D eigenvalue weighted by atomic mass is 35.5. The molecule has 5 nitrogen and oxygen atoms in total. The van der Waals surface area contributed by atoms with Gasteiger partial charge in [-0.25, -0.2) is 13.1 Å². The molecule has 2 aromatic carbocycles. The van der Waals surface area contributed by atoms with E-state index in [1.54, 1.807) is 24.3 Å². The van der Waals surface area contributed by atoms with Gasteiger partial charge in [0.2, 0.25) is 10.0 Å². The van der Waals surface area contributed by atoms with Gasteiger partial charge in [0.15, 0.2) is 0 Å². The molecule has 0 aliphatic carbocycles. The van der Waals surface area contributed by atoms with Crippen LogP contribution in [0.15, 0.2) is 53.6 Å². The molecular weight excluding hydrogens is 419 g/mol. The minimum Gasteiger partial charge on any atom is -0.387 e. The number of nitrogens with zero attached hydrogens (tertiary/aromatic N) is 1. The average molecular weight is 432 g/mol. The molecule has 0 saturated carbocycles. The van der Waals surface area contributed by atoms with Crippen LogP contribution in [0, 0.1) is 0 Å². The van der Waals surface area contributed by atoms with Gasteiger partial charge in [-0.1, -0.05) is 46.9 Å². The number of halogens is 3. The molecular formula is C17H13Cl3N2O3S. The SMILES string of the molecule is O=S(=O)(NCC(O)c1ccc(Cl)c(Cl)c1)c1cc(Cl)cc2cccnc12. The summed E-state index contributed by atoms with van der Waals surface area (Å²) in [5, 5.41) is 11.7. The second-order valence-electron chi connectivity index (χ2n) is 5.52. The van der Waals surface area contributed by atoms with Crippen molar-refractivity contribution in [3.8, 4) is 0 Å². The predicted molar refractivity (Wildman–Crippen MR) is 103 cm³/mol. The molecule has 2 N–H and O–H groups in total. The fourth-order valence-corrected chi connectivity index (χ4v) is 4.27. The maximum absolute atomic E-state index is 12.7. The van der Waals surface area contributed by atoms with Crippen LogP contribution in [0.2, 0.25) is 15.1 Å². The minimum absolute atomic E-state index is 0.0538. The third kappa shape index (κ3) is 4.11. The van der Waals surface area contributed by atoms with Crippen molar-refractivity contribution in [3.05, 3.63) is 69.3 Å². The molecule has 3 rings (SSSR count). The highest BCUT2D eigenvalue weighted by molar-refractivity contribution is 7.89. The van der Waals surface area contributed by atoms with Crippen molar-refractivity contribution in [1.29, 1.82) is 0 Å². The maximum Gasteiger partial charge on any atom is 0.242 e. The van der Waals surface area contributed by atoms with Crippen molar-refractivity contribution in [2.45, 2.75) is 11.0 Å². The summed E-state index contributed by atoms with van der Waals surface area (Å²) in [4.78, 5) is 4.07. The van der Waals surface area contributed by atoms with Gasteiger partial charge in [-0.3, -0.25) is 4.98 Å². The lowest BCUT2D eigenvalue weighted by Crippen LogP contribution is -2.28. The molecule has 1 aromatic heterocycles. The number of hydrogen-bond acceptors (Lipinski definition) is 4. The molecule has 1 unspecified atom stereocenters. The Labute approximate surface area is 165 Å². The van der Waals surface area contributed by atoms with E-state index in [0.29, 0.717) is 21.5 Å². The Balaban J connectivity index is 1.86. The Bertz CT molecular complexity index is 1070. The van der Waals surface area contributed by atoms with Crippen LogP contribution in [0.1, 0.15) is 11.7 Å². The van der Waals surface area contributed by atoms with Gasteiger partial charge in [0.25, 0.3) is 0 Å². The number of aromatic nitrogens is 1. The summed E-state index contributed by atoms with van der Waals surface area (Å²) in [6.07, 6.45) is 0.401. The third-order valence-electron chi connectivity index (χ3n) is 3.72. The summed E-state index contributed by atoms with van der Waals surface area (Å²) in [5.74, 6) is 0. The van der Waals surface area contributed by atoms with Crippen LogP contribution in [0.5, 0.6) is 0 Å². The van der Waals surface area contributed by atoms with E-state index in [0.717, 1.165) is 0 Å². The predicted octanol–water partition coefficient (Wildman–Crippen LogP) is 4.21. The number of aliphatic hydroxyl groups excluding tert-OH is 1. The van der Waals surface area contributed by atoms with E-state index >= 15 is 0 Å². The number of hydrogen-bond donors (Lipinski definition) is 2. The van der Waals surface area contributed by atoms with Gasteiger partial charge in [-0.2, -0.15) is 0 Å². The summed E-state index contributed by atoms with van der Waals surface area (Å²) in [5.41, 5.74) is 0.740. The molecule has 3 aromatic rings. The zero-order chi connectivity index (χ0) is 18.9. The molecule has 1 heterocycles. The lowest BCUT2D eigenvalue weighted by Gasteiger charge is -2.14. The van der Waals surface area contributed by atoms with Gasteiger partial charge >= 0.3 is 0 Å². The number of aliphatic hydroxyl groups is 1. The summed E-state index contributed by atoms with van der Waals surface area (Å²) in [6, 6.07) is 11.0. The molecule has 0 aliphatic heterocycles. The monoisotopic (exact) mass is 430 g/mol. The van der Waals surface area contributed by atoms with Crippen LogP contribution in [-0.2, 0) is 10.0 Å². The van der Waals surface area contributed by atoms with Crippen LogP contribution in [0.4, 0.5) is 0 Å². The summed E-state index contributed by atoms with van der Waals surface area (Å²) in [7, 11) is -3.95. The standard InChI is InChI=1S/C17H13Cl3N2O3S/c18-12-6-11-2-1-5-21-17(11)16(8-12)26(24,25)22-9-15(23)10-3-4-13(19)14(20)7-10/h1-8,15,22-23H,9H2. The molecule has 9 heteroatoms. The quantitative estimate of drug-likeness (QED) is 0.634. The second-order valence-corrected chi connectivity index (χ2v) is 8.51. The van der Waals surface area contributed by atoms with Crippen LogP contribution in [0.3, 0.4) is 0 Å².